The molecule has 0 bridgehead atoms. The van der Waals surface area contributed by atoms with Crippen molar-refractivity contribution in [2.75, 3.05) is 7.11 Å². The molecule has 1 aliphatic carbocycles. The van der Waals surface area contributed by atoms with Crippen molar-refractivity contribution < 1.29 is 9.13 Å². The standard InChI is InChI=1S/C13H17ClFNO/c1-17-11-4-3-10(7-11)16-8-9-2-5-13(15)12(14)6-9/h2,5-6,10-11,16H,3-4,7-8H2,1H3. The molecule has 2 unspecified atom stereocenters. The lowest BCUT2D eigenvalue weighted by Gasteiger charge is -2.13. The molecule has 2 rings (SSSR count). The van der Waals surface area contributed by atoms with Gasteiger partial charge in [-0.2, -0.15) is 0 Å². The summed E-state index contributed by atoms with van der Waals surface area (Å²) in [5.41, 5.74) is 1.01. The molecule has 0 aromatic heterocycles. The van der Waals surface area contributed by atoms with Gasteiger partial charge in [0.2, 0.25) is 0 Å². The summed E-state index contributed by atoms with van der Waals surface area (Å²) in [5.74, 6) is -0.365. The average molecular weight is 258 g/mol. The Bertz CT molecular complexity index is 386. The van der Waals surface area contributed by atoms with Gasteiger partial charge in [0.1, 0.15) is 5.82 Å². The highest BCUT2D eigenvalue weighted by atomic mass is 35.5. The maximum absolute atomic E-state index is 13.0. The summed E-state index contributed by atoms with van der Waals surface area (Å²) >= 11 is 5.73. The number of hydrogen-bond acceptors (Lipinski definition) is 2. The van der Waals surface area contributed by atoms with Crippen LogP contribution in [-0.2, 0) is 11.3 Å². The number of benzene rings is 1. The summed E-state index contributed by atoms with van der Waals surface area (Å²) in [4.78, 5) is 0. The van der Waals surface area contributed by atoms with Gasteiger partial charge in [-0.3, -0.25) is 0 Å². The molecule has 1 aromatic rings. The zero-order valence-electron chi connectivity index (χ0n) is 9.88. The molecule has 1 aliphatic rings. The molecule has 2 nitrogen and oxygen atoms in total. The highest BCUT2D eigenvalue weighted by Crippen LogP contribution is 2.22. The Hall–Kier alpha value is -0.640. The Morgan fingerprint density at radius 2 is 2.29 bits per heavy atom. The van der Waals surface area contributed by atoms with Crippen LogP contribution in [-0.4, -0.2) is 19.3 Å². The second-order valence-electron chi connectivity index (χ2n) is 4.50. The van der Waals surface area contributed by atoms with Crippen molar-refractivity contribution in [1.29, 1.82) is 0 Å². The first-order chi connectivity index (χ1) is 8.19. The van der Waals surface area contributed by atoms with E-state index in [0.29, 0.717) is 12.1 Å². The summed E-state index contributed by atoms with van der Waals surface area (Å²) < 4.78 is 18.3. The van der Waals surface area contributed by atoms with Gasteiger partial charge in [-0.15, -0.1) is 0 Å². The molecule has 17 heavy (non-hydrogen) atoms. The van der Waals surface area contributed by atoms with Crippen LogP contribution in [0.2, 0.25) is 5.02 Å². The van der Waals surface area contributed by atoms with Gasteiger partial charge in [0, 0.05) is 19.7 Å². The highest BCUT2D eigenvalue weighted by molar-refractivity contribution is 6.30. The van der Waals surface area contributed by atoms with Crippen LogP contribution in [0.4, 0.5) is 4.39 Å². The van der Waals surface area contributed by atoms with E-state index in [9.17, 15) is 4.39 Å². The van der Waals surface area contributed by atoms with Gasteiger partial charge in [0.05, 0.1) is 11.1 Å². The molecule has 2 atom stereocenters. The minimum atomic E-state index is -0.365. The molecule has 0 saturated heterocycles. The predicted molar refractivity (Wildman–Crippen MR) is 66.7 cm³/mol. The zero-order valence-corrected chi connectivity index (χ0v) is 10.6. The van der Waals surface area contributed by atoms with Crippen molar-refractivity contribution in [2.45, 2.75) is 38.0 Å². The largest absolute Gasteiger partial charge is 0.381 e. The van der Waals surface area contributed by atoms with Gasteiger partial charge in [-0.1, -0.05) is 17.7 Å². The number of ether oxygens (including phenoxy) is 1. The Morgan fingerprint density at radius 3 is 2.94 bits per heavy atom. The fourth-order valence-electron chi connectivity index (χ4n) is 2.25. The van der Waals surface area contributed by atoms with E-state index in [1.54, 1.807) is 19.2 Å². The van der Waals surface area contributed by atoms with Crippen molar-refractivity contribution in [3.05, 3.63) is 34.6 Å². The normalized spacial score (nSPS) is 24.2. The first kappa shape index (κ1) is 12.8. The minimum Gasteiger partial charge on any atom is -0.381 e. The van der Waals surface area contributed by atoms with Crippen molar-refractivity contribution in [3.63, 3.8) is 0 Å². The SMILES string of the molecule is COC1CCC(NCc2ccc(F)c(Cl)c2)C1. The molecule has 1 saturated carbocycles. The van der Waals surface area contributed by atoms with Crippen LogP contribution in [0.25, 0.3) is 0 Å². The second-order valence-corrected chi connectivity index (χ2v) is 4.90. The lowest BCUT2D eigenvalue weighted by atomic mass is 10.2. The van der Waals surface area contributed by atoms with Crippen molar-refractivity contribution in [3.8, 4) is 0 Å². The van der Waals surface area contributed by atoms with Crippen LogP contribution in [0.15, 0.2) is 18.2 Å². The monoisotopic (exact) mass is 257 g/mol. The van der Waals surface area contributed by atoms with Crippen LogP contribution in [0.1, 0.15) is 24.8 Å². The summed E-state index contributed by atoms with van der Waals surface area (Å²) in [5, 5.41) is 3.63. The number of nitrogens with one attached hydrogen (secondary N) is 1. The van der Waals surface area contributed by atoms with Crippen LogP contribution in [0, 0.1) is 5.82 Å². The maximum atomic E-state index is 13.0. The molecular weight excluding hydrogens is 241 g/mol. The van der Waals surface area contributed by atoms with E-state index < -0.39 is 0 Å². The smallest absolute Gasteiger partial charge is 0.141 e. The fraction of sp³-hybridized carbons (Fsp3) is 0.538. The third-order valence-corrected chi connectivity index (χ3v) is 3.59. The third kappa shape index (κ3) is 3.41. The fourth-order valence-corrected chi connectivity index (χ4v) is 2.45. The van der Waals surface area contributed by atoms with Crippen LogP contribution >= 0.6 is 11.6 Å². The Kier molecular flexibility index (Phi) is 4.37. The first-order valence-corrected chi connectivity index (χ1v) is 6.27. The molecular formula is C13H17ClFNO. The van der Waals surface area contributed by atoms with Crippen LogP contribution in [0.5, 0.6) is 0 Å². The summed E-state index contributed by atoms with van der Waals surface area (Å²) in [6, 6.07) is 5.33. The van der Waals surface area contributed by atoms with E-state index in [2.05, 4.69) is 5.32 Å². The Morgan fingerprint density at radius 1 is 1.47 bits per heavy atom. The lowest BCUT2D eigenvalue weighted by molar-refractivity contribution is 0.107. The van der Waals surface area contributed by atoms with Gasteiger partial charge in [0.15, 0.2) is 0 Å². The average Bonchev–Trinajstić information content (AvgIpc) is 2.79. The first-order valence-electron chi connectivity index (χ1n) is 5.89. The van der Waals surface area contributed by atoms with Crippen molar-refractivity contribution in [1.82, 2.24) is 5.32 Å². The lowest BCUT2D eigenvalue weighted by Crippen LogP contribution is -2.26. The second kappa shape index (κ2) is 5.80. The zero-order chi connectivity index (χ0) is 12.3. The molecule has 0 amide bonds. The van der Waals surface area contributed by atoms with E-state index >= 15 is 0 Å². The van der Waals surface area contributed by atoms with Crippen LogP contribution < -0.4 is 5.32 Å². The molecule has 1 N–H and O–H groups in total. The van der Waals surface area contributed by atoms with Crippen molar-refractivity contribution >= 4 is 11.6 Å². The molecule has 94 valence electrons. The topological polar surface area (TPSA) is 21.3 Å². The van der Waals surface area contributed by atoms with Gasteiger partial charge >= 0.3 is 0 Å². The summed E-state index contributed by atoms with van der Waals surface area (Å²) in [7, 11) is 1.76. The molecule has 1 aromatic carbocycles. The van der Waals surface area contributed by atoms with Gasteiger partial charge < -0.3 is 10.1 Å². The molecule has 0 spiro atoms. The summed E-state index contributed by atoms with van der Waals surface area (Å²) in [6.07, 6.45) is 3.67. The number of halogens is 2. The summed E-state index contributed by atoms with van der Waals surface area (Å²) in [6.45, 7) is 0.723. The van der Waals surface area contributed by atoms with Gasteiger partial charge in [-0.05, 0) is 37.0 Å². The Balaban J connectivity index is 1.84. The van der Waals surface area contributed by atoms with E-state index in [0.717, 1.165) is 31.4 Å². The third-order valence-electron chi connectivity index (χ3n) is 3.30. The highest BCUT2D eigenvalue weighted by Gasteiger charge is 2.23. The quantitative estimate of drug-likeness (QED) is 0.895. The van der Waals surface area contributed by atoms with E-state index in [-0.39, 0.29) is 10.8 Å². The van der Waals surface area contributed by atoms with E-state index in [1.807, 2.05) is 0 Å². The van der Waals surface area contributed by atoms with Gasteiger partial charge in [0.25, 0.3) is 0 Å². The van der Waals surface area contributed by atoms with E-state index in [4.69, 9.17) is 16.3 Å². The number of methoxy groups -OCH3 is 1. The molecule has 4 heteroatoms. The maximum Gasteiger partial charge on any atom is 0.141 e. The molecule has 0 radical (unpaired) electrons. The van der Waals surface area contributed by atoms with E-state index in [1.165, 1.54) is 6.07 Å². The Labute approximate surface area is 106 Å². The van der Waals surface area contributed by atoms with Gasteiger partial charge in [-0.25, -0.2) is 4.39 Å². The number of hydrogen-bond donors (Lipinski definition) is 1. The molecule has 0 aliphatic heterocycles. The molecule has 0 heterocycles. The minimum absolute atomic E-state index is 0.186. The number of rotatable bonds is 4. The van der Waals surface area contributed by atoms with Crippen LogP contribution in [0.3, 0.4) is 0 Å². The van der Waals surface area contributed by atoms with Crippen molar-refractivity contribution in [2.24, 2.45) is 0 Å². The predicted octanol–water partition coefficient (Wildman–Crippen LogP) is 3.14. The molecule has 1 fully saturated rings.